The number of nitrogens with zero attached hydrogens (tertiary/aromatic N) is 2. The maximum Gasteiger partial charge on any atom is 0.248 e. The summed E-state index contributed by atoms with van der Waals surface area (Å²) in [5, 5.41) is 15.3. The molecule has 0 saturated heterocycles. The fraction of sp³-hybridized carbons (Fsp3) is 0.400. The molecule has 2 N–H and O–H groups in total. The minimum absolute atomic E-state index is 0.0900. The predicted molar refractivity (Wildman–Crippen MR) is 86.9 cm³/mol. The molecule has 0 bridgehead atoms. The Kier molecular flexibility index (Phi) is 4.90. The average Bonchev–Trinajstić information content (AvgIpc) is 2.80. The third kappa shape index (κ3) is 4.26. The highest BCUT2D eigenvalue weighted by atomic mass is 32.1. The largest absolute Gasteiger partial charge is 0.374 e. The van der Waals surface area contributed by atoms with E-state index in [1.54, 1.807) is 0 Å². The van der Waals surface area contributed by atoms with Crippen LogP contribution in [0.15, 0.2) is 18.2 Å². The molecule has 6 heteroatoms. The number of carbonyl (C=O) groups is 1. The lowest BCUT2D eigenvalue weighted by Crippen LogP contribution is -2.34. The second-order valence-corrected chi connectivity index (χ2v) is 6.28. The van der Waals surface area contributed by atoms with E-state index in [1.807, 2.05) is 39.8 Å². The van der Waals surface area contributed by atoms with Crippen molar-refractivity contribution in [1.29, 1.82) is 0 Å². The maximum atomic E-state index is 12.3. The summed E-state index contributed by atoms with van der Waals surface area (Å²) in [6.07, 6.45) is 0.691. The molecule has 2 aromatic rings. The molecule has 1 heterocycles. The van der Waals surface area contributed by atoms with E-state index in [4.69, 9.17) is 0 Å². The number of hydrogen-bond donors (Lipinski definition) is 2. The molecule has 21 heavy (non-hydrogen) atoms. The molecule has 1 amide bonds. The number of aromatic nitrogens is 2. The molecule has 0 aliphatic carbocycles. The van der Waals surface area contributed by atoms with Gasteiger partial charge in [-0.15, -0.1) is 10.2 Å². The van der Waals surface area contributed by atoms with Crippen molar-refractivity contribution in [2.75, 3.05) is 10.6 Å². The maximum absolute atomic E-state index is 12.3. The van der Waals surface area contributed by atoms with Crippen molar-refractivity contribution in [3.63, 3.8) is 0 Å². The Hall–Kier alpha value is -1.95. The molecule has 1 atom stereocenters. The number of amides is 1. The van der Waals surface area contributed by atoms with Gasteiger partial charge in [0.2, 0.25) is 11.0 Å². The summed E-state index contributed by atoms with van der Waals surface area (Å²) >= 11 is 1.37. The van der Waals surface area contributed by atoms with Crippen LogP contribution in [0.4, 0.5) is 10.8 Å². The smallest absolute Gasteiger partial charge is 0.248 e. The second kappa shape index (κ2) is 6.67. The second-order valence-electron chi connectivity index (χ2n) is 5.10. The lowest BCUT2D eigenvalue weighted by atomic mass is 10.1. The fourth-order valence-electron chi connectivity index (χ4n) is 2.15. The molecule has 0 spiro atoms. The molecule has 112 valence electrons. The van der Waals surface area contributed by atoms with Crippen LogP contribution in [-0.4, -0.2) is 22.1 Å². The molecule has 0 unspecified atom stereocenters. The van der Waals surface area contributed by atoms with Gasteiger partial charge in [0, 0.05) is 5.69 Å². The van der Waals surface area contributed by atoms with Gasteiger partial charge in [-0.05, 0) is 50.5 Å². The highest BCUT2D eigenvalue weighted by Crippen LogP contribution is 2.18. The topological polar surface area (TPSA) is 66.9 Å². The summed E-state index contributed by atoms with van der Waals surface area (Å²) in [6.45, 7) is 7.93. The lowest BCUT2D eigenvalue weighted by Gasteiger charge is -2.17. The molecule has 0 aliphatic rings. The van der Waals surface area contributed by atoms with Gasteiger partial charge in [-0.25, -0.2) is 0 Å². The van der Waals surface area contributed by atoms with E-state index in [0.717, 1.165) is 10.7 Å². The first-order chi connectivity index (χ1) is 9.97. The Morgan fingerprint density at radius 3 is 2.38 bits per heavy atom. The van der Waals surface area contributed by atoms with Crippen LogP contribution in [0.2, 0.25) is 0 Å². The molecule has 2 rings (SSSR count). The Labute approximate surface area is 128 Å². The van der Waals surface area contributed by atoms with Crippen molar-refractivity contribution in [3.05, 3.63) is 34.3 Å². The Balaban J connectivity index is 2.06. The van der Waals surface area contributed by atoms with E-state index in [-0.39, 0.29) is 11.9 Å². The van der Waals surface area contributed by atoms with Gasteiger partial charge in [0.25, 0.3) is 0 Å². The SMILES string of the molecule is CC[C@H](Nc1cc(C)cc(C)c1)C(=O)Nc1nnc(C)s1. The van der Waals surface area contributed by atoms with Gasteiger partial charge in [0.1, 0.15) is 11.0 Å². The number of anilines is 2. The molecule has 0 fully saturated rings. The summed E-state index contributed by atoms with van der Waals surface area (Å²) in [7, 11) is 0. The highest BCUT2D eigenvalue weighted by molar-refractivity contribution is 7.15. The summed E-state index contributed by atoms with van der Waals surface area (Å²) in [6, 6.07) is 5.89. The van der Waals surface area contributed by atoms with Gasteiger partial charge in [-0.1, -0.05) is 24.3 Å². The van der Waals surface area contributed by atoms with E-state index in [2.05, 4.69) is 26.9 Å². The van der Waals surface area contributed by atoms with E-state index in [1.165, 1.54) is 22.5 Å². The van der Waals surface area contributed by atoms with Crippen LogP contribution >= 0.6 is 11.3 Å². The normalized spacial score (nSPS) is 12.0. The monoisotopic (exact) mass is 304 g/mol. The Morgan fingerprint density at radius 2 is 1.86 bits per heavy atom. The summed E-state index contributed by atoms with van der Waals surface area (Å²) < 4.78 is 0. The van der Waals surface area contributed by atoms with Crippen LogP contribution < -0.4 is 10.6 Å². The third-order valence-electron chi connectivity index (χ3n) is 3.04. The molecule has 0 radical (unpaired) electrons. The van der Waals surface area contributed by atoms with Crippen molar-refractivity contribution in [3.8, 4) is 0 Å². The van der Waals surface area contributed by atoms with Crippen molar-refractivity contribution in [2.24, 2.45) is 0 Å². The van der Waals surface area contributed by atoms with Crippen LogP contribution in [0.5, 0.6) is 0 Å². The van der Waals surface area contributed by atoms with Crippen LogP contribution in [0, 0.1) is 20.8 Å². The number of rotatable bonds is 5. The highest BCUT2D eigenvalue weighted by Gasteiger charge is 2.18. The summed E-state index contributed by atoms with van der Waals surface area (Å²) in [5.41, 5.74) is 3.31. The van der Waals surface area contributed by atoms with Crippen molar-refractivity contribution in [1.82, 2.24) is 10.2 Å². The van der Waals surface area contributed by atoms with Crippen LogP contribution in [0.1, 0.15) is 29.5 Å². The van der Waals surface area contributed by atoms with Gasteiger partial charge in [0.05, 0.1) is 0 Å². The number of benzene rings is 1. The number of aryl methyl sites for hydroxylation is 3. The molecule has 0 aliphatic heterocycles. The molecule has 1 aromatic carbocycles. The number of nitrogens with one attached hydrogen (secondary N) is 2. The quantitative estimate of drug-likeness (QED) is 0.889. The summed E-state index contributed by atoms with van der Waals surface area (Å²) in [4.78, 5) is 12.3. The fourth-order valence-corrected chi connectivity index (χ4v) is 2.75. The Morgan fingerprint density at radius 1 is 1.19 bits per heavy atom. The minimum atomic E-state index is -0.296. The summed E-state index contributed by atoms with van der Waals surface area (Å²) in [5.74, 6) is -0.0900. The third-order valence-corrected chi connectivity index (χ3v) is 3.80. The van der Waals surface area contributed by atoms with E-state index in [0.29, 0.717) is 11.6 Å². The van der Waals surface area contributed by atoms with Crippen molar-refractivity contribution in [2.45, 2.75) is 40.2 Å². The molecule has 1 aromatic heterocycles. The van der Waals surface area contributed by atoms with E-state index < -0.39 is 0 Å². The van der Waals surface area contributed by atoms with Crippen LogP contribution in [-0.2, 0) is 4.79 Å². The molecular weight excluding hydrogens is 284 g/mol. The van der Waals surface area contributed by atoms with Gasteiger partial charge in [-0.2, -0.15) is 0 Å². The standard InChI is InChI=1S/C15H20N4OS/c1-5-13(14(20)17-15-19-18-11(4)21-15)16-12-7-9(2)6-10(3)8-12/h6-8,13,16H,5H2,1-4H3,(H,17,19,20)/t13-/m0/s1. The van der Waals surface area contributed by atoms with E-state index in [9.17, 15) is 4.79 Å². The van der Waals surface area contributed by atoms with Crippen molar-refractivity contribution >= 4 is 28.1 Å². The minimum Gasteiger partial charge on any atom is -0.374 e. The Bertz CT molecular complexity index is 618. The van der Waals surface area contributed by atoms with Crippen LogP contribution in [0.25, 0.3) is 0 Å². The number of carbonyl (C=O) groups excluding carboxylic acids is 1. The predicted octanol–water partition coefficient (Wildman–Crippen LogP) is 3.29. The number of hydrogen-bond acceptors (Lipinski definition) is 5. The van der Waals surface area contributed by atoms with Gasteiger partial charge in [-0.3, -0.25) is 10.1 Å². The zero-order valence-corrected chi connectivity index (χ0v) is 13.5. The van der Waals surface area contributed by atoms with Crippen LogP contribution in [0.3, 0.4) is 0 Å². The van der Waals surface area contributed by atoms with Gasteiger partial charge < -0.3 is 5.32 Å². The first-order valence-electron chi connectivity index (χ1n) is 6.93. The first-order valence-corrected chi connectivity index (χ1v) is 7.75. The van der Waals surface area contributed by atoms with Gasteiger partial charge >= 0.3 is 0 Å². The van der Waals surface area contributed by atoms with Gasteiger partial charge in [0.15, 0.2) is 0 Å². The van der Waals surface area contributed by atoms with E-state index >= 15 is 0 Å². The average molecular weight is 304 g/mol. The lowest BCUT2D eigenvalue weighted by molar-refractivity contribution is -0.117. The zero-order chi connectivity index (χ0) is 15.4. The first kappa shape index (κ1) is 15.4. The molecule has 0 saturated carbocycles. The molecular formula is C15H20N4OS. The van der Waals surface area contributed by atoms with Crippen molar-refractivity contribution < 1.29 is 4.79 Å². The zero-order valence-electron chi connectivity index (χ0n) is 12.7. The molecule has 5 nitrogen and oxygen atoms in total.